The molecule has 1 aromatic carbocycles. The Hall–Kier alpha value is -2.90. The summed E-state index contributed by atoms with van der Waals surface area (Å²) in [6.07, 6.45) is 0.413. The Kier molecular flexibility index (Phi) is 3.78. The van der Waals surface area contributed by atoms with Crippen LogP contribution in [0.15, 0.2) is 24.3 Å². The molecule has 2 fully saturated rings. The third-order valence-corrected chi connectivity index (χ3v) is 5.03. The highest BCUT2D eigenvalue weighted by atomic mass is 16.4. The van der Waals surface area contributed by atoms with Crippen molar-refractivity contribution in [2.75, 3.05) is 13.1 Å². The first-order chi connectivity index (χ1) is 11.7. The monoisotopic (exact) mass is 345 g/mol. The average molecular weight is 345 g/mol. The molecule has 1 aromatic rings. The number of carboxylic acid groups (broad SMARTS) is 1. The molecule has 0 bridgehead atoms. The van der Waals surface area contributed by atoms with Gasteiger partial charge in [0.1, 0.15) is 5.54 Å². The molecule has 3 rings (SSSR count). The summed E-state index contributed by atoms with van der Waals surface area (Å²) in [7, 11) is 0. The van der Waals surface area contributed by atoms with Gasteiger partial charge in [-0.3, -0.25) is 19.7 Å². The fraction of sp³-hybridized carbons (Fsp3) is 0.412. The first kappa shape index (κ1) is 16.9. The maximum atomic E-state index is 12.6. The Bertz CT molecular complexity index is 775. The maximum absolute atomic E-state index is 12.6. The summed E-state index contributed by atoms with van der Waals surface area (Å²) >= 11 is 0. The summed E-state index contributed by atoms with van der Waals surface area (Å²) in [5.41, 5.74) is -1.13. The van der Waals surface area contributed by atoms with Crippen LogP contribution in [0.2, 0.25) is 0 Å². The van der Waals surface area contributed by atoms with Gasteiger partial charge in [-0.05, 0) is 38.0 Å². The number of amides is 4. The highest BCUT2D eigenvalue weighted by Gasteiger charge is 2.44. The second-order valence-electron chi connectivity index (χ2n) is 6.95. The number of likely N-dealkylation sites (tertiary alicyclic amines) is 1. The molecule has 2 aliphatic heterocycles. The van der Waals surface area contributed by atoms with E-state index in [1.165, 1.54) is 4.90 Å². The summed E-state index contributed by atoms with van der Waals surface area (Å²) in [6, 6.07) is 5.84. The lowest BCUT2D eigenvalue weighted by atomic mass is 9.90. The fourth-order valence-corrected chi connectivity index (χ4v) is 3.18. The second kappa shape index (κ2) is 5.58. The molecule has 0 aliphatic carbocycles. The summed E-state index contributed by atoms with van der Waals surface area (Å²) in [6.45, 7) is 3.77. The van der Waals surface area contributed by atoms with Crippen LogP contribution in [-0.4, -0.2) is 46.9 Å². The number of carbonyl (C=O) groups is 4. The minimum Gasteiger partial charge on any atom is -0.481 e. The van der Waals surface area contributed by atoms with Crippen molar-refractivity contribution in [3.63, 3.8) is 0 Å². The van der Waals surface area contributed by atoms with E-state index in [0.717, 1.165) is 0 Å². The summed E-state index contributed by atoms with van der Waals surface area (Å²) in [5.74, 6) is -1.61. The summed E-state index contributed by atoms with van der Waals surface area (Å²) in [5, 5.41) is 14.0. The number of hydrogen-bond donors (Lipinski definition) is 3. The molecule has 0 spiro atoms. The van der Waals surface area contributed by atoms with Crippen LogP contribution in [0.5, 0.6) is 0 Å². The molecule has 25 heavy (non-hydrogen) atoms. The van der Waals surface area contributed by atoms with Crippen LogP contribution in [0.3, 0.4) is 0 Å². The van der Waals surface area contributed by atoms with Gasteiger partial charge in [0, 0.05) is 18.7 Å². The number of rotatable bonds is 3. The number of nitrogens with zero attached hydrogens (tertiary/aromatic N) is 1. The van der Waals surface area contributed by atoms with E-state index in [1.54, 1.807) is 38.1 Å². The molecule has 4 amide bonds. The van der Waals surface area contributed by atoms with E-state index in [0.29, 0.717) is 24.1 Å². The smallest absolute Gasteiger partial charge is 0.322 e. The SMILES string of the molecule is CC1(C(=O)O)CCN(C(=O)c2ccc(C3(C)NC(=O)NC3=O)cc2)C1. The third kappa shape index (κ3) is 2.73. The van der Waals surface area contributed by atoms with Gasteiger partial charge in [-0.1, -0.05) is 12.1 Å². The van der Waals surface area contributed by atoms with Gasteiger partial charge in [0.2, 0.25) is 0 Å². The van der Waals surface area contributed by atoms with Crippen LogP contribution in [0.25, 0.3) is 0 Å². The van der Waals surface area contributed by atoms with Crippen molar-refractivity contribution in [2.24, 2.45) is 5.41 Å². The Morgan fingerprint density at radius 1 is 1.16 bits per heavy atom. The first-order valence-corrected chi connectivity index (χ1v) is 7.92. The van der Waals surface area contributed by atoms with Gasteiger partial charge in [0.25, 0.3) is 11.8 Å². The molecule has 2 aliphatic rings. The van der Waals surface area contributed by atoms with Crippen molar-refractivity contribution < 1.29 is 24.3 Å². The predicted molar refractivity (Wildman–Crippen MR) is 86.7 cm³/mol. The standard InChI is InChI=1S/C17H19N3O5/c1-16(14(23)24)7-8-20(9-16)12(21)10-3-5-11(6-4-10)17(2)13(22)18-15(25)19-17/h3-6H,7-9H2,1-2H3,(H,23,24)(H2,18,19,22,25). The van der Waals surface area contributed by atoms with Crippen molar-refractivity contribution in [3.8, 4) is 0 Å². The van der Waals surface area contributed by atoms with E-state index >= 15 is 0 Å². The number of carbonyl (C=O) groups excluding carboxylic acids is 3. The minimum absolute atomic E-state index is 0.166. The lowest BCUT2D eigenvalue weighted by Crippen LogP contribution is -2.40. The molecule has 2 atom stereocenters. The van der Waals surface area contributed by atoms with Crippen molar-refractivity contribution in [3.05, 3.63) is 35.4 Å². The number of hydrogen-bond acceptors (Lipinski definition) is 4. The number of carboxylic acids is 1. The zero-order chi connectivity index (χ0) is 18.4. The fourth-order valence-electron chi connectivity index (χ4n) is 3.18. The summed E-state index contributed by atoms with van der Waals surface area (Å²) < 4.78 is 0. The van der Waals surface area contributed by atoms with E-state index in [-0.39, 0.29) is 12.5 Å². The molecular weight excluding hydrogens is 326 g/mol. The molecule has 2 unspecified atom stereocenters. The van der Waals surface area contributed by atoms with Gasteiger partial charge in [0.15, 0.2) is 0 Å². The van der Waals surface area contributed by atoms with Gasteiger partial charge in [-0.15, -0.1) is 0 Å². The van der Waals surface area contributed by atoms with E-state index in [2.05, 4.69) is 10.6 Å². The largest absolute Gasteiger partial charge is 0.481 e. The minimum atomic E-state index is -1.17. The molecule has 2 heterocycles. The Labute approximate surface area is 144 Å². The molecule has 0 saturated carbocycles. The number of benzene rings is 1. The zero-order valence-electron chi connectivity index (χ0n) is 14.0. The lowest BCUT2D eigenvalue weighted by Gasteiger charge is -2.22. The van der Waals surface area contributed by atoms with E-state index < -0.39 is 28.9 Å². The van der Waals surface area contributed by atoms with E-state index in [4.69, 9.17) is 0 Å². The number of imide groups is 1. The van der Waals surface area contributed by atoms with Crippen LogP contribution in [-0.2, 0) is 15.1 Å². The molecule has 132 valence electrons. The quantitative estimate of drug-likeness (QED) is 0.697. The number of aliphatic carboxylic acids is 1. The van der Waals surface area contributed by atoms with Crippen molar-refractivity contribution in [1.82, 2.24) is 15.5 Å². The highest BCUT2D eigenvalue weighted by Crippen LogP contribution is 2.31. The molecule has 0 radical (unpaired) electrons. The lowest BCUT2D eigenvalue weighted by molar-refractivity contribution is -0.147. The number of nitrogens with one attached hydrogen (secondary N) is 2. The molecule has 8 nitrogen and oxygen atoms in total. The Balaban J connectivity index is 1.77. The summed E-state index contributed by atoms with van der Waals surface area (Å²) in [4.78, 5) is 48.7. The first-order valence-electron chi connectivity index (χ1n) is 7.92. The van der Waals surface area contributed by atoms with Crippen LogP contribution >= 0.6 is 0 Å². The Morgan fingerprint density at radius 2 is 1.80 bits per heavy atom. The van der Waals surface area contributed by atoms with E-state index in [1.807, 2.05) is 0 Å². The van der Waals surface area contributed by atoms with Crippen molar-refractivity contribution >= 4 is 23.8 Å². The second-order valence-corrected chi connectivity index (χ2v) is 6.95. The van der Waals surface area contributed by atoms with Crippen molar-refractivity contribution in [1.29, 1.82) is 0 Å². The van der Waals surface area contributed by atoms with Crippen LogP contribution in [0.4, 0.5) is 4.79 Å². The molecule has 2 saturated heterocycles. The van der Waals surface area contributed by atoms with Crippen LogP contribution < -0.4 is 10.6 Å². The normalized spacial score (nSPS) is 28.6. The Morgan fingerprint density at radius 3 is 2.28 bits per heavy atom. The van der Waals surface area contributed by atoms with Crippen LogP contribution in [0, 0.1) is 5.41 Å². The molecule has 3 N–H and O–H groups in total. The third-order valence-electron chi connectivity index (χ3n) is 5.03. The van der Waals surface area contributed by atoms with Crippen LogP contribution in [0.1, 0.15) is 36.2 Å². The predicted octanol–water partition coefficient (Wildman–Crippen LogP) is 0.678. The number of urea groups is 1. The van der Waals surface area contributed by atoms with Gasteiger partial charge < -0.3 is 15.3 Å². The maximum Gasteiger partial charge on any atom is 0.322 e. The highest BCUT2D eigenvalue weighted by molar-refractivity contribution is 6.07. The zero-order valence-corrected chi connectivity index (χ0v) is 14.0. The van der Waals surface area contributed by atoms with E-state index in [9.17, 15) is 24.3 Å². The average Bonchev–Trinajstić information content (AvgIpc) is 3.09. The molecular formula is C17H19N3O5. The van der Waals surface area contributed by atoms with Gasteiger partial charge in [0.05, 0.1) is 5.41 Å². The molecule has 0 aromatic heterocycles. The van der Waals surface area contributed by atoms with Crippen molar-refractivity contribution in [2.45, 2.75) is 25.8 Å². The topological polar surface area (TPSA) is 116 Å². The van der Waals surface area contributed by atoms with Gasteiger partial charge >= 0.3 is 12.0 Å². The van der Waals surface area contributed by atoms with Gasteiger partial charge in [-0.25, -0.2) is 4.79 Å². The molecule has 8 heteroatoms. The van der Waals surface area contributed by atoms with Gasteiger partial charge in [-0.2, -0.15) is 0 Å².